The van der Waals surface area contributed by atoms with E-state index in [1.54, 1.807) is 0 Å². The molecular formula is C7H17N3O2S2. The highest BCUT2D eigenvalue weighted by atomic mass is 32.1. The summed E-state index contributed by atoms with van der Waals surface area (Å²) in [7, 11) is 0. The van der Waals surface area contributed by atoms with Crippen molar-refractivity contribution in [2.75, 3.05) is 6.54 Å². The molecule has 0 saturated heterocycles. The molecule has 84 valence electrons. The van der Waals surface area contributed by atoms with Crippen molar-refractivity contribution in [2.24, 2.45) is 17.2 Å². The van der Waals surface area contributed by atoms with Crippen LogP contribution >= 0.6 is 24.8 Å². The van der Waals surface area contributed by atoms with Crippen LogP contribution in [0, 0.1) is 0 Å². The molecule has 0 aliphatic heterocycles. The highest BCUT2D eigenvalue weighted by Crippen LogP contribution is 1.96. The van der Waals surface area contributed by atoms with E-state index in [9.17, 15) is 4.79 Å². The molecule has 7 N–H and O–H groups in total. The normalized spacial score (nSPS) is 11.1. The number of unbranched alkanes of at least 4 members (excludes halogenated alkanes) is 1. The average molecular weight is 239 g/mol. The third-order valence-electron chi connectivity index (χ3n) is 1.29. The summed E-state index contributed by atoms with van der Waals surface area (Å²) in [5.74, 6) is -0.933. The summed E-state index contributed by atoms with van der Waals surface area (Å²) in [5.41, 5.74) is 15.1. The highest BCUT2D eigenvalue weighted by Gasteiger charge is 2.09. The maximum Gasteiger partial charge on any atom is 0.320 e. The number of hydrogen-bond acceptors (Lipinski definition) is 4. The number of carbonyl (C=O) groups is 1. The van der Waals surface area contributed by atoms with Crippen LogP contribution in [0.1, 0.15) is 19.3 Å². The molecule has 0 radical (unpaired) electrons. The number of nitrogens with two attached hydrogens (primary N) is 3. The lowest BCUT2D eigenvalue weighted by molar-refractivity contribution is -0.138. The summed E-state index contributed by atoms with van der Waals surface area (Å²) in [5, 5.41) is 8.33. The minimum absolute atomic E-state index is 0.194. The Bertz CT molecular complexity index is 174. The zero-order valence-corrected chi connectivity index (χ0v) is 9.56. The molecule has 14 heavy (non-hydrogen) atoms. The van der Waals surface area contributed by atoms with Gasteiger partial charge in [-0.2, -0.15) is 0 Å². The van der Waals surface area contributed by atoms with Gasteiger partial charge in [-0.1, -0.05) is 18.6 Å². The molecule has 5 nitrogen and oxygen atoms in total. The third-order valence-corrected chi connectivity index (χ3v) is 1.29. The van der Waals surface area contributed by atoms with Crippen LogP contribution in [0.2, 0.25) is 0 Å². The standard InChI is InChI=1S/C6H14N2O2.CH3NS2/c7-4-2-1-3-5(8)6(9)10;2-1(3)4/h5H,1-4,7-8H2,(H,9,10);(H3,2,3,4). The van der Waals surface area contributed by atoms with Crippen LogP contribution < -0.4 is 17.2 Å². The minimum atomic E-state index is -0.933. The molecule has 0 aromatic carbocycles. The van der Waals surface area contributed by atoms with Crippen LogP contribution in [-0.4, -0.2) is 28.0 Å². The zero-order chi connectivity index (χ0) is 11.6. The molecule has 0 rings (SSSR count). The van der Waals surface area contributed by atoms with Crippen LogP contribution in [0.15, 0.2) is 0 Å². The van der Waals surface area contributed by atoms with E-state index < -0.39 is 12.0 Å². The topological polar surface area (TPSA) is 115 Å². The Kier molecular flexibility index (Phi) is 12.3. The number of rotatable bonds is 5. The summed E-state index contributed by atoms with van der Waals surface area (Å²) in [4.78, 5) is 10.1. The van der Waals surface area contributed by atoms with Crippen molar-refractivity contribution in [3.63, 3.8) is 0 Å². The van der Waals surface area contributed by atoms with E-state index in [0.717, 1.165) is 12.8 Å². The minimum Gasteiger partial charge on any atom is -0.480 e. The smallest absolute Gasteiger partial charge is 0.320 e. The molecule has 0 bridgehead atoms. The van der Waals surface area contributed by atoms with E-state index in [1.807, 2.05) is 0 Å². The van der Waals surface area contributed by atoms with E-state index in [2.05, 4.69) is 24.8 Å². The van der Waals surface area contributed by atoms with Crippen molar-refractivity contribution in [3.05, 3.63) is 0 Å². The van der Waals surface area contributed by atoms with Gasteiger partial charge in [-0.05, 0) is 19.4 Å². The van der Waals surface area contributed by atoms with Gasteiger partial charge in [0, 0.05) is 0 Å². The fourth-order valence-corrected chi connectivity index (χ4v) is 0.632. The predicted molar refractivity (Wildman–Crippen MR) is 64.3 cm³/mol. The quantitative estimate of drug-likeness (QED) is 0.255. The lowest BCUT2D eigenvalue weighted by Crippen LogP contribution is -2.29. The molecule has 0 heterocycles. The molecule has 0 spiro atoms. The van der Waals surface area contributed by atoms with Gasteiger partial charge in [0.05, 0.1) is 0 Å². The lowest BCUT2D eigenvalue weighted by Gasteiger charge is -2.03. The van der Waals surface area contributed by atoms with Crippen LogP contribution in [0.5, 0.6) is 0 Å². The van der Waals surface area contributed by atoms with E-state index in [0.29, 0.717) is 13.0 Å². The number of thiol groups is 1. The van der Waals surface area contributed by atoms with Crippen molar-refractivity contribution >= 4 is 35.1 Å². The first-order valence-electron chi connectivity index (χ1n) is 4.08. The molecule has 7 heteroatoms. The number of carboxylic acids is 1. The van der Waals surface area contributed by atoms with Crippen LogP contribution in [-0.2, 0) is 4.79 Å². The first kappa shape index (κ1) is 16.1. The largest absolute Gasteiger partial charge is 0.480 e. The molecule has 0 aromatic rings. The number of thiocarbonyl (C=S) groups is 1. The second kappa shape index (κ2) is 10.7. The molecule has 0 aliphatic rings. The number of carboxylic acid groups (broad SMARTS) is 1. The van der Waals surface area contributed by atoms with Gasteiger partial charge in [0.2, 0.25) is 0 Å². The molecule has 0 aromatic heterocycles. The second-order valence-corrected chi connectivity index (χ2v) is 3.79. The molecule has 0 saturated carbocycles. The summed E-state index contributed by atoms with van der Waals surface area (Å²) >= 11 is 7.65. The van der Waals surface area contributed by atoms with Crippen LogP contribution in [0.25, 0.3) is 0 Å². The Morgan fingerprint density at radius 2 is 1.93 bits per heavy atom. The molecule has 0 amide bonds. The Morgan fingerprint density at radius 1 is 1.50 bits per heavy atom. The molecular weight excluding hydrogens is 222 g/mol. The fourth-order valence-electron chi connectivity index (χ4n) is 0.632. The van der Waals surface area contributed by atoms with Crippen LogP contribution in [0.4, 0.5) is 0 Å². The predicted octanol–water partition coefficient (Wildman–Crippen LogP) is -0.313. The van der Waals surface area contributed by atoms with Gasteiger partial charge < -0.3 is 22.3 Å². The van der Waals surface area contributed by atoms with Crippen molar-refractivity contribution in [1.82, 2.24) is 0 Å². The van der Waals surface area contributed by atoms with Crippen molar-refractivity contribution in [2.45, 2.75) is 25.3 Å². The monoisotopic (exact) mass is 239 g/mol. The summed E-state index contributed by atoms with van der Waals surface area (Å²) in [6, 6.07) is -0.716. The first-order valence-corrected chi connectivity index (χ1v) is 4.94. The van der Waals surface area contributed by atoms with Crippen molar-refractivity contribution in [1.29, 1.82) is 0 Å². The summed E-state index contributed by atoms with van der Waals surface area (Å²) < 4.78 is 0.194. The Morgan fingerprint density at radius 3 is 2.21 bits per heavy atom. The van der Waals surface area contributed by atoms with Gasteiger partial charge in [0.1, 0.15) is 10.4 Å². The van der Waals surface area contributed by atoms with Crippen molar-refractivity contribution in [3.8, 4) is 0 Å². The third kappa shape index (κ3) is 17.6. The second-order valence-electron chi connectivity index (χ2n) is 2.57. The Hall–Kier alpha value is -0.370. The number of hydrogen-bond donors (Lipinski definition) is 5. The molecule has 0 aliphatic carbocycles. The van der Waals surface area contributed by atoms with E-state index in [-0.39, 0.29) is 4.32 Å². The van der Waals surface area contributed by atoms with Crippen molar-refractivity contribution < 1.29 is 9.90 Å². The summed E-state index contributed by atoms with van der Waals surface area (Å²) in [6.07, 6.45) is 2.16. The lowest BCUT2D eigenvalue weighted by atomic mass is 10.1. The Balaban J connectivity index is 0. The average Bonchev–Trinajstić information content (AvgIpc) is 2.03. The van der Waals surface area contributed by atoms with E-state index in [1.165, 1.54) is 0 Å². The fraction of sp³-hybridized carbons (Fsp3) is 0.714. The molecule has 1 atom stereocenters. The SMILES string of the molecule is NC(=S)S.NCCCCC(N)C(=O)O. The van der Waals surface area contributed by atoms with Gasteiger partial charge in [-0.25, -0.2) is 0 Å². The highest BCUT2D eigenvalue weighted by molar-refractivity contribution is 8.10. The first-order chi connectivity index (χ1) is 6.41. The maximum absolute atomic E-state index is 10.1. The molecule has 0 fully saturated rings. The Labute approximate surface area is 94.4 Å². The number of aliphatic carboxylic acids is 1. The molecule has 1 unspecified atom stereocenters. The van der Waals surface area contributed by atoms with Gasteiger partial charge in [0.25, 0.3) is 0 Å². The maximum atomic E-state index is 10.1. The van der Waals surface area contributed by atoms with Gasteiger partial charge in [-0.3, -0.25) is 4.79 Å². The van der Waals surface area contributed by atoms with Crippen LogP contribution in [0.3, 0.4) is 0 Å². The summed E-state index contributed by atoms with van der Waals surface area (Å²) in [6.45, 7) is 0.604. The van der Waals surface area contributed by atoms with E-state index in [4.69, 9.17) is 22.3 Å². The van der Waals surface area contributed by atoms with Gasteiger partial charge >= 0.3 is 5.97 Å². The zero-order valence-electron chi connectivity index (χ0n) is 7.85. The van der Waals surface area contributed by atoms with Gasteiger partial charge in [0.15, 0.2) is 0 Å². The van der Waals surface area contributed by atoms with E-state index >= 15 is 0 Å². The van der Waals surface area contributed by atoms with Gasteiger partial charge in [-0.15, -0.1) is 12.6 Å².